The van der Waals surface area contributed by atoms with E-state index >= 15 is 0 Å². The monoisotopic (exact) mass is 479 g/mol. The van der Waals surface area contributed by atoms with E-state index in [1.807, 2.05) is 6.92 Å². The topological polar surface area (TPSA) is 101 Å². The Hall–Kier alpha value is -4.39. The molecule has 2 aromatic carbocycles. The van der Waals surface area contributed by atoms with E-state index in [4.69, 9.17) is 5.73 Å². The van der Waals surface area contributed by atoms with Gasteiger partial charge in [-0.15, -0.1) is 0 Å². The molecule has 35 heavy (non-hydrogen) atoms. The van der Waals surface area contributed by atoms with Gasteiger partial charge >= 0.3 is 6.18 Å². The van der Waals surface area contributed by atoms with E-state index in [0.29, 0.717) is 24.1 Å². The predicted molar refractivity (Wildman–Crippen MR) is 125 cm³/mol. The Morgan fingerprint density at radius 2 is 1.86 bits per heavy atom. The zero-order valence-electron chi connectivity index (χ0n) is 18.6. The molecule has 1 aromatic heterocycles. The van der Waals surface area contributed by atoms with Crippen molar-refractivity contribution in [3.8, 4) is 11.8 Å². The van der Waals surface area contributed by atoms with Crippen LogP contribution in [0.4, 0.5) is 30.5 Å². The summed E-state index contributed by atoms with van der Waals surface area (Å²) >= 11 is 0. The molecule has 178 valence electrons. The minimum atomic E-state index is -4.64. The quantitative estimate of drug-likeness (QED) is 0.550. The van der Waals surface area contributed by atoms with Gasteiger partial charge in [-0.3, -0.25) is 9.59 Å². The number of hydrogen-bond donors (Lipinski definition) is 2. The van der Waals surface area contributed by atoms with Gasteiger partial charge in [0.05, 0.1) is 11.1 Å². The molecule has 2 amide bonds. The normalized spacial score (nSPS) is 13.4. The summed E-state index contributed by atoms with van der Waals surface area (Å²) in [5.41, 5.74) is 6.65. The van der Waals surface area contributed by atoms with Crippen LogP contribution in [0.3, 0.4) is 0 Å². The summed E-state index contributed by atoms with van der Waals surface area (Å²) in [6, 6.07) is 7.93. The molecule has 0 aliphatic carbocycles. The van der Waals surface area contributed by atoms with Gasteiger partial charge in [-0.1, -0.05) is 17.9 Å². The molecule has 4 rings (SSSR count). The molecule has 1 saturated heterocycles. The van der Waals surface area contributed by atoms with Crippen molar-refractivity contribution < 1.29 is 22.8 Å². The summed E-state index contributed by atoms with van der Waals surface area (Å²) in [6.07, 6.45) is -0.869. The lowest BCUT2D eigenvalue weighted by Crippen LogP contribution is -2.24. The second-order valence-electron chi connectivity index (χ2n) is 7.98. The summed E-state index contributed by atoms with van der Waals surface area (Å²) in [4.78, 5) is 34.0. The minimum Gasteiger partial charge on any atom is -0.368 e. The number of halogens is 3. The number of amides is 2. The van der Waals surface area contributed by atoms with Crippen molar-refractivity contribution >= 4 is 29.1 Å². The van der Waals surface area contributed by atoms with E-state index in [9.17, 15) is 22.8 Å². The number of alkyl halides is 3. The lowest BCUT2D eigenvalue weighted by atomic mass is 10.0. The van der Waals surface area contributed by atoms with E-state index in [2.05, 4.69) is 27.1 Å². The molecule has 1 fully saturated rings. The van der Waals surface area contributed by atoms with Gasteiger partial charge < -0.3 is 16.0 Å². The lowest BCUT2D eigenvalue weighted by Gasteiger charge is -2.19. The number of nitrogen functional groups attached to an aromatic ring is 1. The van der Waals surface area contributed by atoms with Crippen molar-refractivity contribution in [3.63, 3.8) is 0 Å². The Balaban J connectivity index is 1.61. The highest BCUT2D eigenvalue weighted by atomic mass is 19.4. The molecule has 7 nitrogen and oxygen atoms in total. The van der Waals surface area contributed by atoms with Gasteiger partial charge in [-0.2, -0.15) is 13.2 Å². The first-order valence-corrected chi connectivity index (χ1v) is 10.6. The fraction of sp³-hybridized carbons (Fsp3) is 0.200. The molecular formula is C25H20F3N5O2. The van der Waals surface area contributed by atoms with Crippen LogP contribution in [0.1, 0.15) is 45.5 Å². The second-order valence-corrected chi connectivity index (χ2v) is 7.98. The van der Waals surface area contributed by atoms with Crippen LogP contribution in [-0.4, -0.2) is 28.3 Å². The fourth-order valence-corrected chi connectivity index (χ4v) is 3.57. The molecule has 0 spiro atoms. The average molecular weight is 479 g/mol. The first-order chi connectivity index (χ1) is 16.6. The van der Waals surface area contributed by atoms with Crippen LogP contribution in [-0.2, 0) is 11.0 Å². The summed E-state index contributed by atoms with van der Waals surface area (Å²) in [5, 5.41) is 2.52. The molecule has 2 heterocycles. The van der Waals surface area contributed by atoms with Crippen LogP contribution in [0.25, 0.3) is 0 Å². The van der Waals surface area contributed by atoms with E-state index in [1.165, 1.54) is 23.4 Å². The molecule has 10 heteroatoms. The van der Waals surface area contributed by atoms with Gasteiger partial charge in [0, 0.05) is 47.9 Å². The number of nitrogens with one attached hydrogen (secondary N) is 1. The first-order valence-electron chi connectivity index (χ1n) is 10.6. The van der Waals surface area contributed by atoms with Crippen LogP contribution < -0.4 is 16.0 Å². The molecule has 1 aliphatic heterocycles. The van der Waals surface area contributed by atoms with Gasteiger partial charge in [0.15, 0.2) is 0 Å². The highest BCUT2D eigenvalue weighted by molar-refractivity contribution is 6.05. The summed E-state index contributed by atoms with van der Waals surface area (Å²) in [7, 11) is 0. The van der Waals surface area contributed by atoms with Crippen molar-refractivity contribution in [2.24, 2.45) is 0 Å². The number of aryl methyl sites for hydroxylation is 1. The molecule has 1 aliphatic rings. The number of aromatic nitrogens is 2. The molecule has 0 radical (unpaired) electrons. The predicted octanol–water partition coefficient (Wildman–Crippen LogP) is 4.16. The van der Waals surface area contributed by atoms with Crippen molar-refractivity contribution in [2.45, 2.75) is 25.9 Å². The second kappa shape index (κ2) is 9.46. The van der Waals surface area contributed by atoms with E-state index in [1.54, 1.807) is 18.2 Å². The van der Waals surface area contributed by atoms with Gasteiger partial charge in [-0.25, -0.2) is 9.97 Å². The number of nitrogens with two attached hydrogens (primary N) is 1. The van der Waals surface area contributed by atoms with Gasteiger partial charge in [0.2, 0.25) is 11.9 Å². The largest absolute Gasteiger partial charge is 0.416 e. The SMILES string of the molecule is Cc1ccc(C(=O)Nc2cc(N3CCCC3=O)cc(C(F)(F)F)c2)cc1C#Cc1cnc(N)nc1. The number of rotatable bonds is 3. The molecule has 0 bridgehead atoms. The third kappa shape index (κ3) is 5.58. The minimum absolute atomic E-state index is 0.0632. The van der Waals surface area contributed by atoms with E-state index in [-0.39, 0.29) is 35.2 Å². The number of carbonyl (C=O) groups is 2. The number of carbonyl (C=O) groups excluding carboxylic acids is 2. The third-order valence-corrected chi connectivity index (χ3v) is 5.40. The Kier molecular flexibility index (Phi) is 6.42. The highest BCUT2D eigenvalue weighted by Crippen LogP contribution is 2.35. The molecule has 0 unspecified atom stereocenters. The molecule has 3 N–H and O–H groups in total. The van der Waals surface area contributed by atoms with Crippen LogP contribution >= 0.6 is 0 Å². The Morgan fingerprint density at radius 3 is 2.51 bits per heavy atom. The van der Waals surface area contributed by atoms with Crippen molar-refractivity contribution in [1.82, 2.24) is 9.97 Å². The number of hydrogen-bond acceptors (Lipinski definition) is 5. The third-order valence-electron chi connectivity index (χ3n) is 5.40. The van der Waals surface area contributed by atoms with Crippen LogP contribution in [0.2, 0.25) is 0 Å². The smallest absolute Gasteiger partial charge is 0.368 e. The highest BCUT2D eigenvalue weighted by Gasteiger charge is 2.33. The summed E-state index contributed by atoms with van der Waals surface area (Å²) in [6.45, 7) is 2.14. The van der Waals surface area contributed by atoms with Crippen molar-refractivity contribution in [3.05, 3.63) is 76.6 Å². The van der Waals surface area contributed by atoms with Gasteiger partial charge in [0.1, 0.15) is 0 Å². The Bertz CT molecular complexity index is 1360. The maximum atomic E-state index is 13.5. The standard InChI is InChI=1S/C25H20F3N5O2/c1-15-4-6-18(9-17(15)7-5-16-13-30-24(29)31-14-16)23(35)32-20-10-19(25(26,27)28)11-21(12-20)33-8-2-3-22(33)34/h4,6,9-14H,2-3,8H2,1H3,(H,32,35)(H2,29,30,31). The maximum Gasteiger partial charge on any atom is 0.416 e. The van der Waals surface area contributed by atoms with Crippen LogP contribution in [0.5, 0.6) is 0 Å². The summed E-state index contributed by atoms with van der Waals surface area (Å²) < 4.78 is 40.5. The zero-order chi connectivity index (χ0) is 25.2. The van der Waals surface area contributed by atoms with Crippen LogP contribution in [0, 0.1) is 18.8 Å². The fourth-order valence-electron chi connectivity index (χ4n) is 3.57. The van der Waals surface area contributed by atoms with Crippen molar-refractivity contribution in [1.29, 1.82) is 0 Å². The van der Waals surface area contributed by atoms with E-state index in [0.717, 1.165) is 17.7 Å². The number of benzene rings is 2. The number of anilines is 3. The maximum absolute atomic E-state index is 13.5. The Morgan fingerprint density at radius 1 is 1.11 bits per heavy atom. The summed E-state index contributed by atoms with van der Waals surface area (Å²) in [5.74, 6) is 5.09. The molecule has 0 atom stereocenters. The lowest BCUT2D eigenvalue weighted by molar-refractivity contribution is -0.137. The zero-order valence-corrected chi connectivity index (χ0v) is 18.6. The first kappa shape index (κ1) is 23.8. The van der Waals surface area contributed by atoms with Gasteiger partial charge in [-0.05, 0) is 49.2 Å². The molecular weight excluding hydrogens is 459 g/mol. The molecule has 3 aromatic rings. The van der Waals surface area contributed by atoms with Gasteiger partial charge in [0.25, 0.3) is 5.91 Å². The number of nitrogens with zero attached hydrogens (tertiary/aromatic N) is 3. The van der Waals surface area contributed by atoms with E-state index < -0.39 is 17.6 Å². The Labute approximate surface area is 199 Å². The van der Waals surface area contributed by atoms with Crippen molar-refractivity contribution in [2.75, 3.05) is 22.5 Å². The van der Waals surface area contributed by atoms with Crippen LogP contribution in [0.15, 0.2) is 48.8 Å². The average Bonchev–Trinajstić information content (AvgIpc) is 3.24. The molecule has 0 saturated carbocycles.